The number of nitrogens with one attached hydrogen (secondary N) is 1. The number of hydrogen-bond donors (Lipinski definition) is 1. The summed E-state index contributed by atoms with van der Waals surface area (Å²) in [7, 11) is 5.13. The van der Waals surface area contributed by atoms with Gasteiger partial charge in [-0.3, -0.25) is 0 Å². The molecule has 0 aromatic heterocycles. The van der Waals surface area contributed by atoms with E-state index in [1.807, 2.05) is 19.2 Å². The number of ether oxygens (including phenoxy) is 3. The van der Waals surface area contributed by atoms with Gasteiger partial charge in [0.2, 0.25) is 0 Å². The highest BCUT2D eigenvalue weighted by Crippen LogP contribution is 2.41. The summed E-state index contributed by atoms with van der Waals surface area (Å²) in [5, 5.41) is 3.80. The highest BCUT2D eigenvalue weighted by Gasteiger charge is 2.29. The smallest absolute Gasteiger partial charge is 0.146 e. The fourth-order valence-corrected chi connectivity index (χ4v) is 2.90. The van der Waals surface area contributed by atoms with E-state index in [0.29, 0.717) is 16.5 Å². The zero-order chi connectivity index (χ0) is 13.8. The minimum atomic E-state index is 0.0702. The van der Waals surface area contributed by atoms with Gasteiger partial charge in [-0.2, -0.15) is 0 Å². The first-order valence-electron chi connectivity index (χ1n) is 6.42. The van der Waals surface area contributed by atoms with Crippen LogP contribution in [0.4, 0.5) is 0 Å². The van der Waals surface area contributed by atoms with Crippen molar-refractivity contribution in [2.45, 2.75) is 25.0 Å². The van der Waals surface area contributed by atoms with Crippen LogP contribution in [0.25, 0.3) is 0 Å². The number of halogens is 1. The van der Waals surface area contributed by atoms with Crippen LogP contribution in [-0.2, 0) is 4.74 Å². The van der Waals surface area contributed by atoms with Gasteiger partial charge in [-0.05, 0) is 32.0 Å². The quantitative estimate of drug-likeness (QED) is 0.903. The first-order chi connectivity index (χ1) is 9.22. The molecule has 5 heteroatoms. The largest absolute Gasteiger partial charge is 0.495 e. The third-order valence-corrected chi connectivity index (χ3v) is 3.86. The number of hydrogen-bond acceptors (Lipinski definition) is 4. The van der Waals surface area contributed by atoms with Gasteiger partial charge in [0, 0.05) is 12.2 Å². The molecular weight excluding hydrogens is 266 g/mol. The standard InChI is InChI=1S/C14H20ClNO3/c1-16-13(11-5-4-8-19-11)9-6-7-10(17-2)12(15)14(9)18-3/h6-7,11,13,16H,4-5,8H2,1-3H3. The maximum atomic E-state index is 6.30. The van der Waals surface area contributed by atoms with Crippen LogP contribution in [0.3, 0.4) is 0 Å². The molecule has 1 saturated heterocycles. The van der Waals surface area contributed by atoms with Crippen LogP contribution < -0.4 is 14.8 Å². The minimum Gasteiger partial charge on any atom is -0.495 e. The van der Waals surface area contributed by atoms with E-state index in [1.54, 1.807) is 14.2 Å². The Labute approximate surface area is 119 Å². The molecule has 0 aliphatic carbocycles. The van der Waals surface area contributed by atoms with E-state index < -0.39 is 0 Å². The van der Waals surface area contributed by atoms with Crippen molar-refractivity contribution < 1.29 is 14.2 Å². The second kappa shape index (κ2) is 6.46. The second-order valence-corrected chi connectivity index (χ2v) is 4.90. The molecule has 1 aliphatic rings. The molecule has 1 aromatic carbocycles. The van der Waals surface area contributed by atoms with Gasteiger partial charge in [-0.25, -0.2) is 0 Å². The Bertz CT molecular complexity index is 433. The third kappa shape index (κ3) is 2.81. The summed E-state index contributed by atoms with van der Waals surface area (Å²) in [6.45, 7) is 0.815. The van der Waals surface area contributed by atoms with Gasteiger partial charge in [0.15, 0.2) is 0 Å². The van der Waals surface area contributed by atoms with Crippen molar-refractivity contribution >= 4 is 11.6 Å². The molecule has 2 atom stereocenters. The molecule has 2 unspecified atom stereocenters. The van der Waals surface area contributed by atoms with E-state index >= 15 is 0 Å². The van der Waals surface area contributed by atoms with Gasteiger partial charge in [0.1, 0.15) is 16.5 Å². The average Bonchev–Trinajstić information content (AvgIpc) is 2.94. The van der Waals surface area contributed by atoms with Crippen LogP contribution in [0.5, 0.6) is 11.5 Å². The lowest BCUT2D eigenvalue weighted by Crippen LogP contribution is -2.29. The van der Waals surface area contributed by atoms with Gasteiger partial charge in [-0.1, -0.05) is 11.6 Å². The van der Waals surface area contributed by atoms with Crippen molar-refractivity contribution in [3.8, 4) is 11.5 Å². The molecule has 0 amide bonds. The Balaban J connectivity index is 2.39. The van der Waals surface area contributed by atoms with Gasteiger partial charge in [0.25, 0.3) is 0 Å². The summed E-state index contributed by atoms with van der Waals surface area (Å²) >= 11 is 6.30. The molecule has 106 valence electrons. The molecular formula is C14H20ClNO3. The van der Waals surface area contributed by atoms with E-state index in [2.05, 4.69) is 5.32 Å². The lowest BCUT2D eigenvalue weighted by molar-refractivity contribution is 0.0799. The predicted molar refractivity (Wildman–Crippen MR) is 75.3 cm³/mol. The number of likely N-dealkylation sites (N-methyl/N-ethyl adjacent to an activating group) is 1. The normalized spacial score (nSPS) is 20.3. The predicted octanol–water partition coefficient (Wildman–Crippen LogP) is 2.80. The van der Waals surface area contributed by atoms with Crippen molar-refractivity contribution in [1.29, 1.82) is 0 Å². The molecule has 0 saturated carbocycles. The summed E-state index contributed by atoms with van der Waals surface area (Å²) in [5.41, 5.74) is 1.00. The SMILES string of the molecule is CNC(c1ccc(OC)c(Cl)c1OC)C1CCCO1. The number of rotatable bonds is 5. The van der Waals surface area contributed by atoms with Crippen LogP contribution in [0.15, 0.2) is 12.1 Å². The number of benzene rings is 1. The summed E-state index contributed by atoms with van der Waals surface area (Å²) in [6, 6.07) is 3.91. The first kappa shape index (κ1) is 14.4. The Morgan fingerprint density at radius 2 is 2.16 bits per heavy atom. The van der Waals surface area contributed by atoms with Gasteiger partial charge >= 0.3 is 0 Å². The molecule has 0 radical (unpaired) electrons. The van der Waals surface area contributed by atoms with Crippen molar-refractivity contribution in [2.75, 3.05) is 27.9 Å². The molecule has 1 fully saturated rings. The summed E-state index contributed by atoms with van der Waals surface area (Å²) in [6.07, 6.45) is 2.29. The third-order valence-electron chi connectivity index (χ3n) is 3.50. The van der Waals surface area contributed by atoms with Gasteiger partial charge < -0.3 is 19.5 Å². The Kier molecular flexibility index (Phi) is 4.91. The van der Waals surface area contributed by atoms with Gasteiger partial charge in [-0.15, -0.1) is 0 Å². The molecule has 1 N–H and O–H groups in total. The van der Waals surface area contributed by atoms with Gasteiger partial charge in [0.05, 0.1) is 26.4 Å². The number of methoxy groups -OCH3 is 2. The Morgan fingerprint density at radius 1 is 1.37 bits per heavy atom. The molecule has 1 aliphatic heterocycles. The fraction of sp³-hybridized carbons (Fsp3) is 0.571. The molecule has 4 nitrogen and oxygen atoms in total. The highest BCUT2D eigenvalue weighted by molar-refractivity contribution is 6.33. The van der Waals surface area contributed by atoms with Crippen molar-refractivity contribution in [2.24, 2.45) is 0 Å². The fourth-order valence-electron chi connectivity index (χ4n) is 2.57. The molecule has 2 rings (SSSR count). The molecule has 1 heterocycles. The lowest BCUT2D eigenvalue weighted by Gasteiger charge is -2.25. The van der Waals surface area contributed by atoms with Crippen LogP contribution in [0.2, 0.25) is 5.02 Å². The zero-order valence-corrected chi connectivity index (χ0v) is 12.3. The molecule has 19 heavy (non-hydrogen) atoms. The summed E-state index contributed by atoms with van der Waals surface area (Å²) in [5.74, 6) is 1.26. The topological polar surface area (TPSA) is 39.7 Å². The highest BCUT2D eigenvalue weighted by atomic mass is 35.5. The van der Waals surface area contributed by atoms with E-state index in [1.165, 1.54) is 0 Å². The van der Waals surface area contributed by atoms with Crippen molar-refractivity contribution in [1.82, 2.24) is 5.32 Å². The maximum Gasteiger partial charge on any atom is 0.146 e. The maximum absolute atomic E-state index is 6.30. The van der Waals surface area contributed by atoms with Crippen LogP contribution >= 0.6 is 11.6 Å². The van der Waals surface area contributed by atoms with E-state index in [0.717, 1.165) is 25.0 Å². The van der Waals surface area contributed by atoms with Crippen LogP contribution in [-0.4, -0.2) is 34.0 Å². The second-order valence-electron chi connectivity index (χ2n) is 4.52. The van der Waals surface area contributed by atoms with E-state index in [4.69, 9.17) is 25.8 Å². The Hall–Kier alpha value is -0.970. The van der Waals surface area contributed by atoms with Crippen molar-refractivity contribution in [3.63, 3.8) is 0 Å². The monoisotopic (exact) mass is 285 g/mol. The lowest BCUT2D eigenvalue weighted by atomic mass is 9.98. The molecule has 0 bridgehead atoms. The zero-order valence-electron chi connectivity index (χ0n) is 11.5. The average molecular weight is 286 g/mol. The summed E-state index contributed by atoms with van der Waals surface area (Å²) in [4.78, 5) is 0. The van der Waals surface area contributed by atoms with Crippen molar-refractivity contribution in [3.05, 3.63) is 22.7 Å². The first-order valence-corrected chi connectivity index (χ1v) is 6.80. The minimum absolute atomic E-state index is 0.0702. The Morgan fingerprint density at radius 3 is 2.68 bits per heavy atom. The van der Waals surface area contributed by atoms with E-state index in [-0.39, 0.29) is 12.1 Å². The van der Waals surface area contributed by atoms with Crippen LogP contribution in [0, 0.1) is 0 Å². The molecule has 0 spiro atoms. The summed E-state index contributed by atoms with van der Waals surface area (Å²) < 4.78 is 16.4. The van der Waals surface area contributed by atoms with Crippen LogP contribution in [0.1, 0.15) is 24.4 Å². The van der Waals surface area contributed by atoms with E-state index in [9.17, 15) is 0 Å². The molecule has 1 aromatic rings.